The Morgan fingerprint density at radius 2 is 1.97 bits per heavy atom. The van der Waals surface area contributed by atoms with E-state index in [-0.39, 0.29) is 6.61 Å². The molecule has 0 aliphatic rings. The van der Waals surface area contributed by atoms with Crippen LogP contribution >= 0.6 is 11.6 Å². The van der Waals surface area contributed by atoms with Crippen LogP contribution in [0.3, 0.4) is 0 Å². The lowest BCUT2D eigenvalue weighted by molar-refractivity contribution is 0.107. The summed E-state index contributed by atoms with van der Waals surface area (Å²) in [5, 5.41) is 10.1. The molecule has 0 spiro atoms. The molecule has 4 aromatic rings. The van der Waals surface area contributed by atoms with E-state index in [0.29, 0.717) is 23.3 Å². The second-order valence-corrected chi connectivity index (χ2v) is 7.32. The van der Waals surface area contributed by atoms with E-state index in [0.717, 1.165) is 27.9 Å². The number of H-pyrrole nitrogens is 1. The van der Waals surface area contributed by atoms with Gasteiger partial charge in [-0.15, -0.1) is 0 Å². The molecule has 0 aliphatic heterocycles. The molecule has 3 heterocycles. The van der Waals surface area contributed by atoms with Crippen molar-refractivity contribution >= 4 is 23.5 Å². The SMILES string of the molecule is COCCOC(=O)Nc1cc(-n2cc(-c3ncn[nH]3)c(-c3ccccc3Cl)c2)c(C)cn1. The van der Waals surface area contributed by atoms with E-state index in [1.165, 1.54) is 13.4 Å². The number of carbonyl (C=O) groups is 1. The summed E-state index contributed by atoms with van der Waals surface area (Å²) in [6.45, 7) is 2.41. The number of benzene rings is 1. The Balaban J connectivity index is 1.72. The molecule has 10 heteroatoms. The number of hydrogen-bond acceptors (Lipinski definition) is 6. The summed E-state index contributed by atoms with van der Waals surface area (Å²) in [6.07, 6.45) is 6.43. The highest BCUT2D eigenvalue weighted by molar-refractivity contribution is 6.33. The number of anilines is 1. The van der Waals surface area contributed by atoms with Gasteiger partial charge in [0.1, 0.15) is 18.8 Å². The number of amides is 1. The molecule has 0 saturated carbocycles. The van der Waals surface area contributed by atoms with Gasteiger partial charge in [0.15, 0.2) is 5.82 Å². The Bertz CT molecular complexity index is 1220. The molecule has 0 unspecified atom stereocenters. The highest BCUT2D eigenvalue weighted by atomic mass is 35.5. The highest BCUT2D eigenvalue weighted by Crippen LogP contribution is 2.36. The molecule has 9 nitrogen and oxygen atoms in total. The standard InChI is InChI=1S/C22H21ClN6O3/c1-14-10-24-20(27-22(30)32-8-7-31-2)9-19(14)29-11-16(15-5-3-4-6-18(15)23)17(12-29)21-25-13-26-28-21/h3-6,9-13H,7-8H2,1-2H3,(H,24,27,30)(H,25,26,28). The Morgan fingerprint density at radius 1 is 1.16 bits per heavy atom. The van der Waals surface area contributed by atoms with E-state index in [1.54, 1.807) is 12.3 Å². The van der Waals surface area contributed by atoms with Crippen LogP contribution in [0.5, 0.6) is 0 Å². The topological polar surface area (TPSA) is 107 Å². The number of aromatic nitrogens is 5. The predicted molar refractivity (Wildman–Crippen MR) is 121 cm³/mol. The van der Waals surface area contributed by atoms with Crippen molar-refractivity contribution in [2.75, 3.05) is 25.6 Å². The van der Waals surface area contributed by atoms with Gasteiger partial charge in [-0.05, 0) is 18.6 Å². The molecule has 164 valence electrons. The van der Waals surface area contributed by atoms with Crippen LogP contribution in [0.25, 0.3) is 28.2 Å². The van der Waals surface area contributed by atoms with Crippen LogP contribution in [0, 0.1) is 6.92 Å². The molecule has 1 amide bonds. The van der Waals surface area contributed by atoms with Gasteiger partial charge >= 0.3 is 6.09 Å². The van der Waals surface area contributed by atoms with Gasteiger partial charge in [0.05, 0.1) is 12.3 Å². The van der Waals surface area contributed by atoms with Crippen LogP contribution in [-0.2, 0) is 9.47 Å². The number of aromatic amines is 1. The van der Waals surface area contributed by atoms with Gasteiger partial charge in [0.25, 0.3) is 0 Å². The number of halogens is 1. The van der Waals surface area contributed by atoms with Crippen molar-refractivity contribution < 1.29 is 14.3 Å². The Morgan fingerprint density at radius 3 is 2.72 bits per heavy atom. The molecule has 0 radical (unpaired) electrons. The second kappa shape index (κ2) is 9.63. The van der Waals surface area contributed by atoms with Crippen LogP contribution < -0.4 is 5.32 Å². The Labute approximate surface area is 189 Å². The van der Waals surface area contributed by atoms with Crippen molar-refractivity contribution in [2.24, 2.45) is 0 Å². The fraction of sp³-hybridized carbons (Fsp3) is 0.182. The number of methoxy groups -OCH3 is 1. The number of ether oxygens (including phenoxy) is 2. The predicted octanol–water partition coefficient (Wildman–Crippen LogP) is 4.48. The largest absolute Gasteiger partial charge is 0.447 e. The number of nitrogens with zero attached hydrogens (tertiary/aromatic N) is 4. The average Bonchev–Trinajstić information content (AvgIpc) is 3.45. The minimum Gasteiger partial charge on any atom is -0.447 e. The molecule has 1 aromatic carbocycles. The Hall–Kier alpha value is -3.69. The Kier molecular flexibility index (Phi) is 6.48. The molecule has 0 saturated heterocycles. The third-order valence-corrected chi connectivity index (χ3v) is 5.09. The van der Waals surface area contributed by atoms with Crippen molar-refractivity contribution in [3.8, 4) is 28.2 Å². The summed E-state index contributed by atoms with van der Waals surface area (Å²) < 4.78 is 11.9. The van der Waals surface area contributed by atoms with Gasteiger partial charge in [0, 0.05) is 53.5 Å². The number of hydrogen-bond donors (Lipinski definition) is 2. The zero-order valence-electron chi connectivity index (χ0n) is 17.5. The van der Waals surface area contributed by atoms with Crippen molar-refractivity contribution in [3.63, 3.8) is 0 Å². The third kappa shape index (κ3) is 4.63. The lowest BCUT2D eigenvalue weighted by Gasteiger charge is -2.11. The third-order valence-electron chi connectivity index (χ3n) is 4.76. The van der Waals surface area contributed by atoms with Crippen LogP contribution in [0.1, 0.15) is 5.56 Å². The molecule has 0 atom stereocenters. The minimum absolute atomic E-state index is 0.153. The maximum atomic E-state index is 12.0. The highest BCUT2D eigenvalue weighted by Gasteiger charge is 2.17. The van der Waals surface area contributed by atoms with E-state index in [4.69, 9.17) is 21.1 Å². The number of pyridine rings is 1. The van der Waals surface area contributed by atoms with Crippen molar-refractivity contribution in [2.45, 2.75) is 6.92 Å². The fourth-order valence-corrected chi connectivity index (χ4v) is 3.47. The van der Waals surface area contributed by atoms with Gasteiger partial charge in [-0.1, -0.05) is 29.8 Å². The fourth-order valence-electron chi connectivity index (χ4n) is 3.23. The number of rotatable bonds is 7. The molecule has 32 heavy (non-hydrogen) atoms. The molecule has 4 rings (SSSR count). The van der Waals surface area contributed by atoms with E-state index in [1.807, 2.05) is 48.1 Å². The summed E-state index contributed by atoms with van der Waals surface area (Å²) in [5.41, 5.74) is 4.32. The molecule has 0 aliphatic carbocycles. The van der Waals surface area contributed by atoms with Crippen molar-refractivity contribution in [1.82, 2.24) is 24.7 Å². The van der Waals surface area contributed by atoms with Crippen molar-refractivity contribution in [1.29, 1.82) is 0 Å². The van der Waals surface area contributed by atoms with Gasteiger partial charge < -0.3 is 14.0 Å². The first kappa shape index (κ1) is 21.5. The van der Waals surface area contributed by atoms with Crippen LogP contribution in [0.4, 0.5) is 10.6 Å². The first-order valence-corrected chi connectivity index (χ1v) is 10.2. The molecular formula is C22H21ClN6O3. The van der Waals surface area contributed by atoms with E-state index in [2.05, 4.69) is 25.5 Å². The summed E-state index contributed by atoms with van der Waals surface area (Å²) in [4.78, 5) is 20.6. The van der Waals surface area contributed by atoms with Gasteiger partial charge in [-0.3, -0.25) is 10.4 Å². The van der Waals surface area contributed by atoms with Gasteiger partial charge in [-0.2, -0.15) is 5.10 Å². The first-order valence-electron chi connectivity index (χ1n) is 9.79. The maximum Gasteiger partial charge on any atom is 0.412 e. The lowest BCUT2D eigenvalue weighted by atomic mass is 10.0. The summed E-state index contributed by atoms with van der Waals surface area (Å²) in [7, 11) is 1.54. The van der Waals surface area contributed by atoms with E-state index < -0.39 is 6.09 Å². The second-order valence-electron chi connectivity index (χ2n) is 6.92. The molecule has 0 fully saturated rings. The normalized spacial score (nSPS) is 10.8. The summed E-state index contributed by atoms with van der Waals surface area (Å²) in [6, 6.07) is 9.37. The van der Waals surface area contributed by atoms with Crippen LogP contribution in [0.15, 0.2) is 55.2 Å². The molecule has 2 N–H and O–H groups in total. The average molecular weight is 453 g/mol. The smallest absolute Gasteiger partial charge is 0.412 e. The zero-order chi connectivity index (χ0) is 22.5. The number of carbonyl (C=O) groups excluding carboxylic acids is 1. The monoisotopic (exact) mass is 452 g/mol. The minimum atomic E-state index is -0.601. The quantitative estimate of drug-likeness (QED) is 0.400. The van der Waals surface area contributed by atoms with Crippen molar-refractivity contribution in [3.05, 3.63) is 65.8 Å². The maximum absolute atomic E-state index is 12.0. The zero-order valence-corrected chi connectivity index (χ0v) is 18.3. The number of nitrogens with one attached hydrogen (secondary N) is 2. The van der Waals surface area contributed by atoms with Crippen LogP contribution in [-0.4, -0.2) is 51.1 Å². The van der Waals surface area contributed by atoms with Gasteiger partial charge in [-0.25, -0.2) is 14.8 Å². The summed E-state index contributed by atoms with van der Waals surface area (Å²) >= 11 is 6.48. The lowest BCUT2D eigenvalue weighted by Crippen LogP contribution is -2.17. The van der Waals surface area contributed by atoms with Crippen LogP contribution in [0.2, 0.25) is 5.02 Å². The molecule has 0 bridgehead atoms. The first-order chi connectivity index (χ1) is 15.6. The number of aryl methyl sites for hydroxylation is 1. The van der Waals surface area contributed by atoms with Gasteiger partial charge in [0.2, 0.25) is 0 Å². The molecular weight excluding hydrogens is 432 g/mol. The summed E-state index contributed by atoms with van der Waals surface area (Å²) in [5.74, 6) is 0.979. The molecule has 3 aromatic heterocycles. The van der Waals surface area contributed by atoms with E-state index in [9.17, 15) is 4.79 Å². The van der Waals surface area contributed by atoms with E-state index >= 15 is 0 Å².